The average molecular weight is 225 g/mol. The zero-order valence-electron chi connectivity index (χ0n) is 6.02. The number of alkyl halides is 2. The Morgan fingerprint density at radius 2 is 2.36 bits per heavy atom. The molecule has 2 unspecified atom stereocenters. The van der Waals surface area contributed by atoms with Crippen molar-refractivity contribution >= 4 is 21.9 Å². The van der Waals surface area contributed by atoms with Gasteiger partial charge in [0.15, 0.2) is 4.58 Å². The number of carbonyl (C=O) groups is 1. The van der Waals surface area contributed by atoms with Gasteiger partial charge < -0.3 is 5.11 Å². The normalized spacial score (nSPS) is 35.3. The van der Waals surface area contributed by atoms with Gasteiger partial charge in [-0.3, -0.25) is 4.79 Å². The van der Waals surface area contributed by atoms with Crippen molar-refractivity contribution < 1.29 is 14.3 Å². The summed E-state index contributed by atoms with van der Waals surface area (Å²) in [7, 11) is 0. The van der Waals surface area contributed by atoms with Gasteiger partial charge in [-0.1, -0.05) is 0 Å². The number of hydrogen-bond acceptors (Lipinski definition) is 1. The summed E-state index contributed by atoms with van der Waals surface area (Å²) < 4.78 is 11.6. The fraction of sp³-hybridized carbons (Fsp3) is 0.857. The van der Waals surface area contributed by atoms with Crippen LogP contribution in [0, 0.1) is 5.92 Å². The summed E-state index contributed by atoms with van der Waals surface area (Å²) in [4.78, 5) is 10.1. The third kappa shape index (κ3) is 2.77. The Morgan fingerprint density at radius 1 is 1.82 bits per heavy atom. The van der Waals surface area contributed by atoms with Crippen molar-refractivity contribution in [1.29, 1.82) is 0 Å². The minimum absolute atomic E-state index is 0.0434. The first-order valence-corrected chi connectivity index (χ1v) is 4.41. The smallest absolute Gasteiger partial charge is 0.303 e. The standard InChI is InChI=1S/C7H10BrFO2/c8-7(9)4-5(7)2-1-3-6(10)11/h5H,1-4H2,(H,10,11). The van der Waals surface area contributed by atoms with Crippen LogP contribution in [0.5, 0.6) is 0 Å². The van der Waals surface area contributed by atoms with E-state index in [9.17, 15) is 9.18 Å². The van der Waals surface area contributed by atoms with Crippen LogP contribution in [0.25, 0.3) is 0 Å². The first kappa shape index (κ1) is 8.97. The Labute approximate surface area is 72.9 Å². The highest BCUT2D eigenvalue weighted by atomic mass is 79.9. The molecule has 1 N–H and O–H groups in total. The van der Waals surface area contributed by atoms with Crippen LogP contribution in [0.2, 0.25) is 0 Å². The topological polar surface area (TPSA) is 37.3 Å². The van der Waals surface area contributed by atoms with Crippen molar-refractivity contribution in [2.45, 2.75) is 30.3 Å². The maximum Gasteiger partial charge on any atom is 0.303 e. The van der Waals surface area contributed by atoms with Gasteiger partial charge in [0.2, 0.25) is 0 Å². The van der Waals surface area contributed by atoms with E-state index in [0.717, 1.165) is 0 Å². The minimum Gasteiger partial charge on any atom is -0.481 e. The van der Waals surface area contributed by atoms with Gasteiger partial charge in [0.1, 0.15) is 0 Å². The van der Waals surface area contributed by atoms with E-state index in [0.29, 0.717) is 19.3 Å². The Bertz CT molecular complexity index is 170. The first-order chi connectivity index (χ1) is 5.02. The second kappa shape index (κ2) is 3.09. The summed E-state index contributed by atoms with van der Waals surface area (Å²) in [6.07, 6.45) is 1.94. The first-order valence-electron chi connectivity index (χ1n) is 3.62. The number of hydrogen-bond donors (Lipinski definition) is 1. The fourth-order valence-electron chi connectivity index (χ4n) is 1.08. The van der Waals surface area contributed by atoms with Gasteiger partial charge in [-0.25, -0.2) is 4.39 Å². The van der Waals surface area contributed by atoms with E-state index in [2.05, 4.69) is 15.9 Å². The minimum atomic E-state index is -1.18. The van der Waals surface area contributed by atoms with Gasteiger partial charge in [-0.05, 0) is 35.2 Å². The maximum atomic E-state index is 12.8. The van der Waals surface area contributed by atoms with E-state index in [4.69, 9.17) is 5.11 Å². The number of aliphatic carboxylic acids is 1. The van der Waals surface area contributed by atoms with Crippen LogP contribution in [0.1, 0.15) is 25.7 Å². The monoisotopic (exact) mass is 224 g/mol. The Morgan fingerprint density at radius 3 is 2.73 bits per heavy atom. The lowest BCUT2D eigenvalue weighted by molar-refractivity contribution is -0.137. The van der Waals surface area contributed by atoms with Crippen molar-refractivity contribution in [3.05, 3.63) is 0 Å². The van der Waals surface area contributed by atoms with Crippen molar-refractivity contribution in [1.82, 2.24) is 0 Å². The Hall–Kier alpha value is -0.120. The molecule has 0 amide bonds. The molecule has 0 spiro atoms. The molecule has 0 bridgehead atoms. The number of carboxylic acid groups (broad SMARTS) is 1. The summed E-state index contributed by atoms with van der Waals surface area (Å²) in [6.45, 7) is 0. The van der Waals surface area contributed by atoms with E-state index in [1.54, 1.807) is 0 Å². The number of halogens is 2. The Balaban J connectivity index is 2.02. The van der Waals surface area contributed by atoms with E-state index in [-0.39, 0.29) is 12.3 Å². The number of carboxylic acids is 1. The lowest BCUT2D eigenvalue weighted by Gasteiger charge is -1.96. The van der Waals surface area contributed by atoms with E-state index < -0.39 is 10.5 Å². The molecule has 1 saturated carbocycles. The van der Waals surface area contributed by atoms with Gasteiger partial charge in [0.05, 0.1) is 0 Å². The Kier molecular flexibility index (Phi) is 2.52. The highest BCUT2D eigenvalue weighted by molar-refractivity contribution is 9.10. The molecule has 2 atom stereocenters. The molecule has 0 aromatic rings. The highest BCUT2D eigenvalue weighted by Gasteiger charge is 2.52. The van der Waals surface area contributed by atoms with E-state index >= 15 is 0 Å². The maximum absolute atomic E-state index is 12.8. The lowest BCUT2D eigenvalue weighted by Crippen LogP contribution is -1.96. The molecule has 0 heterocycles. The second-order valence-electron chi connectivity index (χ2n) is 2.95. The summed E-state index contributed by atoms with van der Waals surface area (Å²) in [5, 5.41) is 8.27. The number of rotatable bonds is 4. The molecule has 1 aliphatic rings. The molecule has 0 aromatic carbocycles. The summed E-state index contributed by atoms with van der Waals surface area (Å²) in [5.74, 6) is -0.758. The molecule has 1 fully saturated rings. The molecule has 1 aliphatic carbocycles. The molecule has 4 heteroatoms. The lowest BCUT2D eigenvalue weighted by atomic mass is 10.2. The van der Waals surface area contributed by atoms with Crippen molar-refractivity contribution in [2.24, 2.45) is 5.92 Å². The SMILES string of the molecule is O=C(O)CCCC1CC1(F)Br. The quantitative estimate of drug-likeness (QED) is 0.745. The summed E-state index contributed by atoms with van der Waals surface area (Å²) in [6, 6.07) is 0. The van der Waals surface area contributed by atoms with Crippen LogP contribution >= 0.6 is 15.9 Å². The van der Waals surface area contributed by atoms with Gasteiger partial charge in [-0.2, -0.15) is 0 Å². The van der Waals surface area contributed by atoms with Crippen LogP contribution < -0.4 is 0 Å². The molecule has 0 aromatic heterocycles. The molecule has 0 radical (unpaired) electrons. The predicted octanol–water partition coefficient (Wildman–Crippen LogP) is 2.32. The van der Waals surface area contributed by atoms with Crippen LogP contribution in [0.3, 0.4) is 0 Å². The molecule has 0 aliphatic heterocycles. The summed E-state index contributed by atoms with van der Waals surface area (Å²) in [5.41, 5.74) is 0. The third-order valence-corrected chi connectivity index (χ3v) is 2.87. The third-order valence-electron chi connectivity index (χ3n) is 1.90. The predicted molar refractivity (Wildman–Crippen MR) is 42.4 cm³/mol. The molecule has 0 saturated heterocycles. The molecular weight excluding hydrogens is 215 g/mol. The van der Waals surface area contributed by atoms with Crippen molar-refractivity contribution in [2.75, 3.05) is 0 Å². The van der Waals surface area contributed by atoms with Crippen molar-refractivity contribution in [3.8, 4) is 0 Å². The van der Waals surface area contributed by atoms with Crippen LogP contribution in [0.15, 0.2) is 0 Å². The summed E-state index contributed by atoms with van der Waals surface area (Å²) >= 11 is 2.91. The fourth-order valence-corrected chi connectivity index (χ4v) is 1.70. The molecule has 1 rings (SSSR count). The van der Waals surface area contributed by atoms with E-state index in [1.807, 2.05) is 0 Å². The zero-order valence-corrected chi connectivity index (χ0v) is 7.60. The van der Waals surface area contributed by atoms with Gasteiger partial charge in [-0.15, -0.1) is 0 Å². The molecule has 11 heavy (non-hydrogen) atoms. The van der Waals surface area contributed by atoms with Gasteiger partial charge in [0, 0.05) is 12.3 Å². The highest BCUT2D eigenvalue weighted by Crippen LogP contribution is 2.54. The van der Waals surface area contributed by atoms with Crippen molar-refractivity contribution in [3.63, 3.8) is 0 Å². The molecule has 2 nitrogen and oxygen atoms in total. The van der Waals surface area contributed by atoms with Crippen LogP contribution in [-0.2, 0) is 4.79 Å². The largest absolute Gasteiger partial charge is 0.481 e. The van der Waals surface area contributed by atoms with E-state index in [1.165, 1.54) is 0 Å². The van der Waals surface area contributed by atoms with Gasteiger partial charge in [0.25, 0.3) is 0 Å². The molecular formula is C7H10BrFO2. The van der Waals surface area contributed by atoms with Gasteiger partial charge >= 0.3 is 5.97 Å². The molecule has 64 valence electrons. The zero-order chi connectivity index (χ0) is 8.48. The second-order valence-corrected chi connectivity index (χ2v) is 4.27. The van der Waals surface area contributed by atoms with Crippen LogP contribution in [0.4, 0.5) is 4.39 Å². The average Bonchev–Trinajstić information content (AvgIpc) is 2.39. The van der Waals surface area contributed by atoms with Crippen LogP contribution in [-0.4, -0.2) is 15.7 Å².